The van der Waals surface area contributed by atoms with Crippen LogP contribution < -0.4 is 4.74 Å². The van der Waals surface area contributed by atoms with Crippen LogP contribution in [0.1, 0.15) is 6.92 Å². The summed E-state index contributed by atoms with van der Waals surface area (Å²) in [5.41, 5.74) is 2.60. The molecule has 1 fully saturated rings. The van der Waals surface area contributed by atoms with Crippen LogP contribution in [-0.4, -0.2) is 24.0 Å². The van der Waals surface area contributed by atoms with Gasteiger partial charge in [-0.2, -0.15) is 0 Å². The van der Waals surface area contributed by atoms with Gasteiger partial charge in [-0.1, -0.05) is 17.3 Å². The number of aromatic nitrogens is 1. The van der Waals surface area contributed by atoms with Crippen LogP contribution in [0, 0.1) is 0 Å². The highest BCUT2D eigenvalue weighted by Gasteiger charge is 2.40. The Morgan fingerprint density at radius 3 is 3.15 bits per heavy atom. The highest BCUT2D eigenvalue weighted by Crippen LogP contribution is 2.34. The maximum Gasteiger partial charge on any atom is 0.178 e. The van der Waals surface area contributed by atoms with Gasteiger partial charge in [0.1, 0.15) is 28.4 Å². The normalized spacial score (nSPS) is 21.2. The van der Waals surface area contributed by atoms with Crippen molar-refractivity contribution in [2.24, 2.45) is 0 Å². The molecule has 1 aromatic carbocycles. The quantitative estimate of drug-likeness (QED) is 0.686. The SMILES string of the molecule is C[C@@]1(COc2cccc(-c3noc4ccsc34)c2)CO1. The molecule has 3 aromatic rings. The van der Waals surface area contributed by atoms with E-state index in [-0.39, 0.29) is 5.60 Å². The zero-order valence-electron chi connectivity index (χ0n) is 11.0. The Labute approximate surface area is 119 Å². The topological polar surface area (TPSA) is 47.8 Å². The largest absolute Gasteiger partial charge is 0.490 e. The number of fused-ring (bicyclic) bond motifs is 1. The first-order valence-corrected chi connectivity index (χ1v) is 7.32. The van der Waals surface area contributed by atoms with Gasteiger partial charge in [0.25, 0.3) is 0 Å². The van der Waals surface area contributed by atoms with Crippen molar-refractivity contribution in [3.8, 4) is 17.0 Å². The van der Waals surface area contributed by atoms with Gasteiger partial charge in [0, 0.05) is 5.56 Å². The molecule has 0 saturated carbocycles. The Balaban J connectivity index is 1.63. The van der Waals surface area contributed by atoms with Crippen LogP contribution >= 0.6 is 11.3 Å². The van der Waals surface area contributed by atoms with E-state index in [1.807, 2.05) is 42.6 Å². The van der Waals surface area contributed by atoms with Crippen molar-refractivity contribution in [1.82, 2.24) is 5.16 Å². The first-order valence-electron chi connectivity index (χ1n) is 6.44. The number of rotatable bonds is 4. The average Bonchev–Trinajstić information content (AvgIpc) is 2.89. The number of ether oxygens (including phenoxy) is 2. The van der Waals surface area contributed by atoms with Gasteiger partial charge in [0.2, 0.25) is 0 Å². The second-order valence-electron chi connectivity index (χ2n) is 5.20. The Kier molecular flexibility index (Phi) is 2.58. The summed E-state index contributed by atoms with van der Waals surface area (Å²) in [7, 11) is 0. The predicted molar refractivity (Wildman–Crippen MR) is 77.2 cm³/mol. The third-order valence-electron chi connectivity index (χ3n) is 3.37. The van der Waals surface area contributed by atoms with Gasteiger partial charge in [0.05, 0.1) is 6.61 Å². The molecule has 1 saturated heterocycles. The number of thiophene rings is 1. The number of nitrogens with zero attached hydrogens (tertiary/aromatic N) is 1. The van der Waals surface area contributed by atoms with Crippen LogP contribution in [0.15, 0.2) is 40.2 Å². The summed E-state index contributed by atoms with van der Waals surface area (Å²) in [6.07, 6.45) is 0. The van der Waals surface area contributed by atoms with E-state index in [0.717, 1.165) is 33.9 Å². The van der Waals surface area contributed by atoms with Gasteiger partial charge in [-0.25, -0.2) is 0 Å². The first-order chi connectivity index (χ1) is 9.73. The third-order valence-corrected chi connectivity index (χ3v) is 4.27. The van der Waals surface area contributed by atoms with Crippen LogP contribution in [0.3, 0.4) is 0 Å². The molecule has 1 aliphatic rings. The maximum absolute atomic E-state index is 5.79. The lowest BCUT2D eigenvalue weighted by molar-refractivity contribution is 0.202. The molecule has 1 aliphatic heterocycles. The van der Waals surface area contributed by atoms with Gasteiger partial charge in [-0.05, 0) is 30.5 Å². The molecule has 2 aromatic heterocycles. The zero-order chi connectivity index (χ0) is 13.6. The van der Waals surface area contributed by atoms with Crippen molar-refractivity contribution in [3.05, 3.63) is 35.7 Å². The molecule has 3 heterocycles. The summed E-state index contributed by atoms with van der Waals surface area (Å²) in [4.78, 5) is 0. The van der Waals surface area contributed by atoms with Crippen LogP contribution in [0.2, 0.25) is 0 Å². The average molecular weight is 287 g/mol. The monoisotopic (exact) mass is 287 g/mol. The van der Waals surface area contributed by atoms with Crippen molar-refractivity contribution in [1.29, 1.82) is 0 Å². The zero-order valence-corrected chi connectivity index (χ0v) is 11.8. The molecule has 4 nitrogen and oxygen atoms in total. The van der Waals surface area contributed by atoms with E-state index >= 15 is 0 Å². The van der Waals surface area contributed by atoms with Crippen LogP contribution in [0.5, 0.6) is 5.75 Å². The minimum Gasteiger partial charge on any atom is -0.490 e. The van der Waals surface area contributed by atoms with Gasteiger partial charge in [0.15, 0.2) is 5.58 Å². The molecule has 0 amide bonds. The minimum absolute atomic E-state index is 0.106. The van der Waals surface area contributed by atoms with E-state index < -0.39 is 0 Å². The summed E-state index contributed by atoms with van der Waals surface area (Å²) >= 11 is 1.63. The second-order valence-corrected chi connectivity index (χ2v) is 6.12. The number of hydrogen-bond donors (Lipinski definition) is 0. The van der Waals surface area contributed by atoms with E-state index in [2.05, 4.69) is 5.16 Å². The molecule has 0 aliphatic carbocycles. The van der Waals surface area contributed by atoms with Gasteiger partial charge >= 0.3 is 0 Å². The molecule has 0 unspecified atom stereocenters. The lowest BCUT2D eigenvalue weighted by Crippen LogP contribution is -2.16. The van der Waals surface area contributed by atoms with E-state index in [4.69, 9.17) is 14.0 Å². The summed E-state index contributed by atoms with van der Waals surface area (Å²) in [6.45, 7) is 3.39. The van der Waals surface area contributed by atoms with E-state index in [1.54, 1.807) is 11.3 Å². The summed E-state index contributed by atoms with van der Waals surface area (Å²) < 4.78 is 17.5. The first kappa shape index (κ1) is 11.9. The predicted octanol–water partition coefficient (Wildman–Crippen LogP) is 3.72. The number of epoxide rings is 1. The molecule has 5 heteroatoms. The molecule has 20 heavy (non-hydrogen) atoms. The molecule has 0 radical (unpaired) electrons. The lowest BCUT2D eigenvalue weighted by Gasteiger charge is -2.09. The minimum atomic E-state index is -0.106. The van der Waals surface area contributed by atoms with Crippen LogP contribution in [0.4, 0.5) is 0 Å². The fourth-order valence-corrected chi connectivity index (χ4v) is 2.85. The fourth-order valence-electron chi connectivity index (χ4n) is 2.04. The molecule has 1 atom stereocenters. The Morgan fingerprint density at radius 2 is 2.30 bits per heavy atom. The smallest absolute Gasteiger partial charge is 0.178 e. The Morgan fingerprint density at radius 1 is 1.40 bits per heavy atom. The third kappa shape index (κ3) is 2.09. The van der Waals surface area contributed by atoms with Gasteiger partial charge in [-0.3, -0.25) is 0 Å². The molecule has 0 spiro atoms. The molecule has 102 valence electrons. The fraction of sp³-hybridized carbons (Fsp3) is 0.267. The molecule has 0 bridgehead atoms. The van der Waals surface area contributed by atoms with Crippen LogP contribution in [-0.2, 0) is 4.74 Å². The molecular weight excluding hydrogens is 274 g/mol. The van der Waals surface area contributed by atoms with Gasteiger partial charge in [-0.15, -0.1) is 11.3 Å². The van der Waals surface area contributed by atoms with Crippen molar-refractivity contribution < 1.29 is 14.0 Å². The summed E-state index contributed by atoms with van der Waals surface area (Å²) in [5.74, 6) is 0.826. The summed E-state index contributed by atoms with van der Waals surface area (Å²) in [6, 6.07) is 9.85. The number of hydrogen-bond acceptors (Lipinski definition) is 5. The standard InChI is InChI=1S/C15H13NO3S/c1-15(9-18-15)8-17-11-4-2-3-10(7-11)13-14-12(19-16-13)5-6-20-14/h2-7H,8-9H2,1H3/t15-/m1/s1. The molecular formula is C15H13NO3S. The van der Waals surface area contributed by atoms with Crippen LogP contribution in [0.25, 0.3) is 21.5 Å². The Bertz CT molecular complexity index is 757. The van der Waals surface area contributed by atoms with E-state index in [0.29, 0.717) is 6.61 Å². The van der Waals surface area contributed by atoms with Crippen molar-refractivity contribution in [2.45, 2.75) is 12.5 Å². The van der Waals surface area contributed by atoms with Crippen molar-refractivity contribution >= 4 is 21.6 Å². The number of benzene rings is 1. The van der Waals surface area contributed by atoms with Crippen molar-refractivity contribution in [3.63, 3.8) is 0 Å². The highest BCUT2D eigenvalue weighted by atomic mass is 32.1. The maximum atomic E-state index is 5.79. The van der Waals surface area contributed by atoms with E-state index in [1.165, 1.54) is 0 Å². The lowest BCUT2D eigenvalue weighted by atomic mass is 10.1. The van der Waals surface area contributed by atoms with Gasteiger partial charge < -0.3 is 14.0 Å². The van der Waals surface area contributed by atoms with E-state index in [9.17, 15) is 0 Å². The van der Waals surface area contributed by atoms with Crippen molar-refractivity contribution in [2.75, 3.05) is 13.2 Å². The molecule has 4 rings (SSSR count). The Hall–Kier alpha value is -1.85. The summed E-state index contributed by atoms with van der Waals surface area (Å²) in [5, 5.41) is 6.15. The second kappa shape index (κ2) is 4.33. The molecule has 0 N–H and O–H groups in total. The highest BCUT2D eigenvalue weighted by molar-refractivity contribution is 7.17.